The van der Waals surface area contributed by atoms with Gasteiger partial charge in [0.05, 0.1) is 45.3 Å². The number of carbonyl (C=O) groups excluding carboxylic acids is 1. The van der Waals surface area contributed by atoms with Crippen LogP contribution < -0.4 is 16.8 Å². The van der Waals surface area contributed by atoms with Gasteiger partial charge in [0, 0.05) is 44.6 Å². The monoisotopic (exact) mass is 520 g/mol. The summed E-state index contributed by atoms with van der Waals surface area (Å²) in [5.74, 6) is 1.30. The second kappa shape index (κ2) is 13.5. The Balaban J connectivity index is 0.000000212. The molecule has 0 spiro atoms. The molecule has 206 valence electrons. The second-order valence-electron chi connectivity index (χ2n) is 11.1. The van der Waals surface area contributed by atoms with E-state index in [1.807, 2.05) is 43.3 Å². The molecule has 4 rings (SSSR count). The van der Waals surface area contributed by atoms with Crippen molar-refractivity contribution in [1.82, 2.24) is 10.2 Å². The van der Waals surface area contributed by atoms with Crippen molar-refractivity contribution >= 4 is 17.6 Å². The molecular weight excluding hydrogens is 474 g/mol. The highest BCUT2D eigenvalue weighted by Gasteiger charge is 2.30. The first kappa shape index (κ1) is 29.3. The van der Waals surface area contributed by atoms with Crippen LogP contribution in [-0.2, 0) is 4.79 Å². The number of aryl methyl sites for hydroxylation is 2. The third-order valence-electron chi connectivity index (χ3n) is 7.43. The second-order valence-corrected chi connectivity index (χ2v) is 11.1. The number of hydrogen-bond acceptors (Lipinski definition) is 4. The molecule has 0 bridgehead atoms. The summed E-state index contributed by atoms with van der Waals surface area (Å²) in [4.78, 5) is 22.5. The van der Waals surface area contributed by atoms with Gasteiger partial charge < -0.3 is 26.2 Å². The molecule has 8 heteroatoms. The summed E-state index contributed by atoms with van der Waals surface area (Å²) in [6.45, 7) is 9.32. The number of likely N-dealkylation sites (tertiary alicyclic amines) is 1. The van der Waals surface area contributed by atoms with Gasteiger partial charge in [0.15, 0.2) is 0 Å². The minimum atomic E-state index is -0.149. The Bertz CT molecular complexity index is 1100. The van der Waals surface area contributed by atoms with Crippen LogP contribution >= 0.6 is 0 Å². The first-order chi connectivity index (χ1) is 18.1. The van der Waals surface area contributed by atoms with Crippen molar-refractivity contribution in [1.29, 1.82) is 0 Å². The molecule has 0 aliphatic carbocycles. The van der Waals surface area contributed by atoms with Gasteiger partial charge >= 0.3 is 0 Å². The number of nitrogens with zero attached hydrogens (tertiary/aromatic N) is 4. The Morgan fingerprint density at radius 3 is 2.00 bits per heavy atom. The lowest BCUT2D eigenvalue weighted by Crippen LogP contribution is -2.42. The molecule has 0 aromatic heterocycles. The van der Waals surface area contributed by atoms with E-state index in [1.54, 1.807) is 19.0 Å². The number of nitrogens with one attached hydrogen (secondary N) is 1. The van der Waals surface area contributed by atoms with E-state index in [9.17, 15) is 4.79 Å². The van der Waals surface area contributed by atoms with Crippen LogP contribution in [0.4, 0.5) is 0 Å². The van der Waals surface area contributed by atoms with E-state index in [4.69, 9.17) is 11.5 Å². The Morgan fingerprint density at radius 2 is 1.47 bits per heavy atom. The van der Waals surface area contributed by atoms with Gasteiger partial charge in [-0.2, -0.15) is 0 Å². The maximum atomic E-state index is 11.9. The number of likely N-dealkylation sites (N-methyl/N-ethyl adjacent to an activating group) is 2. The molecule has 2 aliphatic heterocycles. The lowest BCUT2D eigenvalue weighted by molar-refractivity contribution is -0.896. The van der Waals surface area contributed by atoms with Gasteiger partial charge in [-0.1, -0.05) is 59.7 Å². The third-order valence-corrected chi connectivity index (χ3v) is 7.43. The van der Waals surface area contributed by atoms with Gasteiger partial charge in [-0.15, -0.1) is 0 Å². The highest BCUT2D eigenvalue weighted by molar-refractivity contribution is 5.98. The van der Waals surface area contributed by atoms with Crippen LogP contribution in [0.3, 0.4) is 0 Å². The molecule has 5 N–H and O–H groups in total. The summed E-state index contributed by atoms with van der Waals surface area (Å²) in [5.41, 5.74) is 16.5. The number of amides is 1. The predicted octanol–water partition coefficient (Wildman–Crippen LogP) is 2.46. The zero-order valence-electron chi connectivity index (χ0n) is 23.8. The molecule has 1 amide bonds. The lowest BCUT2D eigenvalue weighted by Gasteiger charge is -2.28. The molecule has 0 saturated carbocycles. The number of amidine groups is 2. The first-order valence-corrected chi connectivity index (χ1v) is 13.6. The average Bonchev–Trinajstić information content (AvgIpc) is 3.54. The third kappa shape index (κ3) is 8.67. The Morgan fingerprint density at radius 1 is 0.947 bits per heavy atom. The van der Waals surface area contributed by atoms with Crippen LogP contribution in [-0.4, -0.2) is 92.9 Å². The standard InChI is InChI=1S/C15H22N4O.C15H24N3/c1-10-4-6-11(7-5-10)14(16)18-12-8-13(17-9-12)15(20)19(2)3;1-13-5-7-14(8-6-13)15(16)17-9-12-18(2)10-3-4-11-18/h4-7,12-13,17H,8-9H2,1-3H3,(H2,16,18);5-8H,3-4,9-12H2,1-2H3,(H2,16,17)/q;+1. The fourth-order valence-electron chi connectivity index (χ4n) is 4.86. The molecule has 2 atom stereocenters. The molecule has 2 fully saturated rings. The van der Waals surface area contributed by atoms with Gasteiger partial charge in [-0.05, 0) is 20.3 Å². The van der Waals surface area contributed by atoms with E-state index in [0.29, 0.717) is 24.6 Å². The van der Waals surface area contributed by atoms with Crippen molar-refractivity contribution in [2.45, 2.75) is 45.2 Å². The number of rotatable bonds is 7. The highest BCUT2D eigenvalue weighted by Crippen LogP contribution is 2.16. The molecule has 2 saturated heterocycles. The number of quaternary nitrogens is 1. The van der Waals surface area contributed by atoms with Crippen molar-refractivity contribution in [3.05, 3.63) is 70.8 Å². The predicted molar refractivity (Wildman–Crippen MR) is 158 cm³/mol. The van der Waals surface area contributed by atoms with Crippen molar-refractivity contribution in [3.63, 3.8) is 0 Å². The van der Waals surface area contributed by atoms with Gasteiger partial charge in [-0.3, -0.25) is 14.8 Å². The number of benzene rings is 2. The van der Waals surface area contributed by atoms with E-state index in [0.717, 1.165) is 28.7 Å². The normalized spacial score (nSPS) is 21.1. The molecule has 2 heterocycles. The fraction of sp³-hybridized carbons (Fsp3) is 0.500. The zero-order chi connectivity index (χ0) is 27.7. The molecule has 2 aliphatic rings. The van der Waals surface area contributed by atoms with E-state index in [2.05, 4.69) is 41.4 Å². The van der Waals surface area contributed by atoms with E-state index < -0.39 is 0 Å². The van der Waals surface area contributed by atoms with Gasteiger partial charge in [0.2, 0.25) is 5.91 Å². The van der Waals surface area contributed by atoms with Crippen molar-refractivity contribution in [3.8, 4) is 0 Å². The van der Waals surface area contributed by atoms with Crippen molar-refractivity contribution < 1.29 is 9.28 Å². The maximum Gasteiger partial charge on any atom is 0.239 e. The van der Waals surface area contributed by atoms with E-state index >= 15 is 0 Å². The Kier molecular flexibility index (Phi) is 10.4. The van der Waals surface area contributed by atoms with Crippen LogP contribution in [0.1, 0.15) is 41.5 Å². The highest BCUT2D eigenvalue weighted by atomic mass is 16.2. The fourth-order valence-corrected chi connectivity index (χ4v) is 4.86. The summed E-state index contributed by atoms with van der Waals surface area (Å²) < 4.78 is 1.16. The summed E-state index contributed by atoms with van der Waals surface area (Å²) >= 11 is 0. The molecule has 2 unspecified atom stereocenters. The molecule has 8 nitrogen and oxygen atoms in total. The quantitative estimate of drug-likeness (QED) is 0.296. The van der Waals surface area contributed by atoms with Crippen molar-refractivity contribution in [2.75, 3.05) is 53.9 Å². The SMILES string of the molecule is Cc1ccc(C(N)=NC2CNC(C(=O)N(C)C)C2)cc1.Cc1ccc(C(N)=NCC[N+]2(C)CCCC2)cc1. The number of aliphatic imine (C=N–C) groups is 2. The Labute approximate surface area is 228 Å². The molecule has 38 heavy (non-hydrogen) atoms. The minimum Gasteiger partial charge on any atom is -0.384 e. The number of nitrogens with two attached hydrogens (primary N) is 2. The van der Waals surface area contributed by atoms with Crippen molar-refractivity contribution in [2.24, 2.45) is 21.5 Å². The van der Waals surface area contributed by atoms with Crippen LogP contribution in [0.15, 0.2) is 58.5 Å². The topological polar surface area (TPSA) is 109 Å². The number of carbonyl (C=O) groups is 1. The Hall–Kier alpha value is -3.23. The van der Waals surface area contributed by atoms with Crippen LogP contribution in [0.2, 0.25) is 0 Å². The van der Waals surface area contributed by atoms with Gasteiger partial charge in [0.1, 0.15) is 11.7 Å². The first-order valence-electron chi connectivity index (χ1n) is 13.6. The number of hydrogen-bond donors (Lipinski definition) is 3. The van der Waals surface area contributed by atoms with Gasteiger partial charge in [0.25, 0.3) is 0 Å². The summed E-state index contributed by atoms with van der Waals surface area (Å²) in [6, 6.07) is 16.1. The summed E-state index contributed by atoms with van der Waals surface area (Å²) in [6.07, 6.45) is 3.41. The summed E-state index contributed by atoms with van der Waals surface area (Å²) in [7, 11) is 5.85. The van der Waals surface area contributed by atoms with E-state index in [1.165, 1.54) is 37.1 Å². The molecule has 0 radical (unpaired) electrons. The molecule has 2 aromatic rings. The smallest absolute Gasteiger partial charge is 0.239 e. The van der Waals surface area contributed by atoms with Crippen LogP contribution in [0.25, 0.3) is 0 Å². The zero-order valence-corrected chi connectivity index (χ0v) is 23.8. The summed E-state index contributed by atoms with van der Waals surface area (Å²) in [5, 5.41) is 3.20. The molecule has 2 aromatic carbocycles. The largest absolute Gasteiger partial charge is 0.384 e. The average molecular weight is 521 g/mol. The van der Waals surface area contributed by atoms with Gasteiger partial charge in [-0.25, -0.2) is 0 Å². The van der Waals surface area contributed by atoms with E-state index in [-0.39, 0.29) is 18.0 Å². The van der Waals surface area contributed by atoms with Crippen LogP contribution in [0, 0.1) is 13.8 Å². The maximum absolute atomic E-state index is 11.9. The minimum absolute atomic E-state index is 0.0604. The lowest BCUT2D eigenvalue weighted by atomic mass is 10.1. The molecular formula is C30H46N7O+. The van der Waals surface area contributed by atoms with Crippen LogP contribution in [0.5, 0.6) is 0 Å².